The van der Waals surface area contributed by atoms with Gasteiger partial charge in [-0.15, -0.1) is 0 Å². The molecule has 0 saturated heterocycles. The Bertz CT molecular complexity index is 750. The summed E-state index contributed by atoms with van der Waals surface area (Å²) in [4.78, 5) is 24.1. The van der Waals surface area contributed by atoms with Gasteiger partial charge in [0.2, 0.25) is 0 Å². The number of phenolic OH excluding ortho intramolecular Hbond substituents is 1. The summed E-state index contributed by atoms with van der Waals surface area (Å²) in [6, 6.07) is 6.24. The number of nitrogens with one attached hydrogen (secondary N) is 1. The minimum Gasteiger partial charge on any atom is -0.508 e. The lowest BCUT2D eigenvalue weighted by atomic mass is 10.1. The van der Waals surface area contributed by atoms with E-state index in [4.69, 9.17) is 4.74 Å². The van der Waals surface area contributed by atoms with E-state index in [0.29, 0.717) is 16.9 Å². The van der Waals surface area contributed by atoms with Crippen molar-refractivity contribution in [2.45, 2.75) is 33.3 Å². The zero-order valence-electron chi connectivity index (χ0n) is 14.2. The molecule has 24 heavy (non-hydrogen) atoms. The van der Waals surface area contributed by atoms with Crippen molar-refractivity contribution in [3.63, 3.8) is 0 Å². The second kappa shape index (κ2) is 7.16. The summed E-state index contributed by atoms with van der Waals surface area (Å²) in [5, 5.41) is 16.2. The zero-order valence-corrected chi connectivity index (χ0v) is 14.2. The molecule has 0 unspecified atom stereocenters. The number of aryl methyl sites for hydroxylation is 2. The van der Waals surface area contributed by atoms with Gasteiger partial charge in [-0.1, -0.05) is 12.1 Å². The van der Waals surface area contributed by atoms with E-state index in [2.05, 4.69) is 10.4 Å². The van der Waals surface area contributed by atoms with Crippen LogP contribution in [-0.4, -0.2) is 32.9 Å². The van der Waals surface area contributed by atoms with Gasteiger partial charge in [-0.2, -0.15) is 5.10 Å². The van der Waals surface area contributed by atoms with Gasteiger partial charge >= 0.3 is 5.97 Å². The largest absolute Gasteiger partial charge is 0.508 e. The van der Waals surface area contributed by atoms with Gasteiger partial charge in [0.15, 0.2) is 6.10 Å². The number of carbonyl (C=O) groups excluding carboxylic acids is 2. The molecular formula is C17H21N3O4. The number of carbonyl (C=O) groups is 2. The highest BCUT2D eigenvalue weighted by Crippen LogP contribution is 2.19. The van der Waals surface area contributed by atoms with Crippen molar-refractivity contribution in [2.75, 3.05) is 5.32 Å². The SMILES string of the molecule is Cc1nn(C)c(C)c1NC(=O)[C@H](C)OC(=O)Cc1ccc(O)cc1. The Morgan fingerprint density at radius 3 is 2.46 bits per heavy atom. The van der Waals surface area contributed by atoms with Crippen molar-refractivity contribution in [1.82, 2.24) is 9.78 Å². The summed E-state index contributed by atoms with van der Waals surface area (Å²) in [6.07, 6.45) is -0.892. The quantitative estimate of drug-likeness (QED) is 0.816. The lowest BCUT2D eigenvalue weighted by Gasteiger charge is -2.14. The van der Waals surface area contributed by atoms with Crippen LogP contribution in [0.4, 0.5) is 5.69 Å². The molecule has 0 bridgehead atoms. The maximum Gasteiger partial charge on any atom is 0.311 e. The van der Waals surface area contributed by atoms with Gasteiger partial charge in [-0.25, -0.2) is 0 Å². The van der Waals surface area contributed by atoms with Crippen LogP contribution < -0.4 is 5.32 Å². The van der Waals surface area contributed by atoms with Crippen molar-refractivity contribution in [2.24, 2.45) is 7.05 Å². The van der Waals surface area contributed by atoms with E-state index in [1.807, 2.05) is 6.92 Å². The van der Waals surface area contributed by atoms with Gasteiger partial charge in [0, 0.05) is 7.05 Å². The number of ether oxygens (including phenoxy) is 1. The molecule has 1 heterocycles. The van der Waals surface area contributed by atoms with E-state index in [0.717, 1.165) is 5.69 Å². The molecule has 1 aromatic carbocycles. The van der Waals surface area contributed by atoms with Crippen LogP contribution in [0.5, 0.6) is 5.75 Å². The fourth-order valence-electron chi connectivity index (χ4n) is 2.25. The van der Waals surface area contributed by atoms with Crippen LogP contribution in [0.15, 0.2) is 24.3 Å². The van der Waals surface area contributed by atoms with Gasteiger partial charge in [0.05, 0.1) is 23.5 Å². The molecule has 2 aromatic rings. The smallest absolute Gasteiger partial charge is 0.311 e. The molecule has 0 radical (unpaired) electrons. The van der Waals surface area contributed by atoms with Crippen molar-refractivity contribution in [3.05, 3.63) is 41.2 Å². The van der Waals surface area contributed by atoms with Crippen LogP contribution in [0.3, 0.4) is 0 Å². The number of nitrogens with zero attached hydrogens (tertiary/aromatic N) is 2. The monoisotopic (exact) mass is 331 g/mol. The fraction of sp³-hybridized carbons (Fsp3) is 0.353. The van der Waals surface area contributed by atoms with E-state index in [1.54, 1.807) is 30.8 Å². The molecule has 2 rings (SSSR count). The van der Waals surface area contributed by atoms with E-state index < -0.39 is 18.0 Å². The predicted octanol–water partition coefficient (Wildman–Crippen LogP) is 1.86. The van der Waals surface area contributed by atoms with Gasteiger partial charge < -0.3 is 15.2 Å². The van der Waals surface area contributed by atoms with Crippen LogP contribution in [-0.2, 0) is 27.8 Å². The molecule has 7 heteroatoms. The maximum absolute atomic E-state index is 12.2. The van der Waals surface area contributed by atoms with E-state index in [1.165, 1.54) is 19.1 Å². The number of amides is 1. The Kier molecular flexibility index (Phi) is 5.23. The summed E-state index contributed by atoms with van der Waals surface area (Å²) < 4.78 is 6.84. The standard InChI is InChI=1S/C17H21N3O4/c1-10-16(11(2)20(4)19-10)18-17(23)12(3)24-15(22)9-13-5-7-14(21)8-6-13/h5-8,12,21H,9H2,1-4H3,(H,18,23)/t12-/m0/s1. The highest BCUT2D eigenvalue weighted by atomic mass is 16.5. The Morgan fingerprint density at radius 1 is 1.29 bits per heavy atom. The topological polar surface area (TPSA) is 93.5 Å². The van der Waals surface area contributed by atoms with Crippen molar-refractivity contribution in [3.8, 4) is 5.75 Å². The van der Waals surface area contributed by atoms with Crippen LogP contribution in [0.2, 0.25) is 0 Å². The normalized spacial score (nSPS) is 11.8. The predicted molar refractivity (Wildman–Crippen MR) is 88.7 cm³/mol. The van der Waals surface area contributed by atoms with Gasteiger partial charge in [0.25, 0.3) is 5.91 Å². The second-order valence-corrected chi connectivity index (χ2v) is 5.63. The lowest BCUT2D eigenvalue weighted by molar-refractivity contribution is -0.152. The number of esters is 1. The average Bonchev–Trinajstić information content (AvgIpc) is 2.75. The molecule has 0 saturated carbocycles. The van der Waals surface area contributed by atoms with Crippen LogP contribution in [0, 0.1) is 13.8 Å². The van der Waals surface area contributed by atoms with Crippen molar-refractivity contribution >= 4 is 17.6 Å². The first-order valence-corrected chi connectivity index (χ1v) is 7.56. The first kappa shape index (κ1) is 17.5. The zero-order chi connectivity index (χ0) is 17.9. The average molecular weight is 331 g/mol. The first-order valence-electron chi connectivity index (χ1n) is 7.56. The van der Waals surface area contributed by atoms with Crippen molar-refractivity contribution < 1.29 is 19.4 Å². The third kappa shape index (κ3) is 4.13. The summed E-state index contributed by atoms with van der Waals surface area (Å²) in [7, 11) is 1.79. The second-order valence-electron chi connectivity index (χ2n) is 5.63. The van der Waals surface area contributed by atoms with E-state index >= 15 is 0 Å². The third-order valence-corrected chi connectivity index (χ3v) is 3.72. The van der Waals surface area contributed by atoms with Gasteiger partial charge in [-0.3, -0.25) is 14.3 Å². The van der Waals surface area contributed by atoms with Gasteiger partial charge in [-0.05, 0) is 38.5 Å². The minimum absolute atomic E-state index is 0.0306. The summed E-state index contributed by atoms with van der Waals surface area (Å²) in [5.41, 5.74) is 2.85. The number of benzene rings is 1. The molecule has 0 aliphatic carbocycles. The highest BCUT2D eigenvalue weighted by Gasteiger charge is 2.21. The Balaban J connectivity index is 1.93. The Labute approximate surface area is 140 Å². The number of anilines is 1. The minimum atomic E-state index is -0.923. The summed E-state index contributed by atoms with van der Waals surface area (Å²) in [5.74, 6) is -0.793. The summed E-state index contributed by atoms with van der Waals surface area (Å²) >= 11 is 0. The molecular weight excluding hydrogens is 310 g/mol. The van der Waals surface area contributed by atoms with Crippen LogP contribution in [0.25, 0.3) is 0 Å². The molecule has 128 valence electrons. The number of aromatic nitrogens is 2. The molecule has 1 aromatic heterocycles. The van der Waals surface area contributed by atoms with Crippen LogP contribution >= 0.6 is 0 Å². The molecule has 0 spiro atoms. The summed E-state index contributed by atoms with van der Waals surface area (Å²) in [6.45, 7) is 5.16. The van der Waals surface area contributed by atoms with E-state index in [-0.39, 0.29) is 12.2 Å². The number of hydrogen-bond acceptors (Lipinski definition) is 5. The number of hydrogen-bond donors (Lipinski definition) is 2. The molecule has 0 fully saturated rings. The molecule has 0 aliphatic heterocycles. The van der Waals surface area contributed by atoms with Gasteiger partial charge in [0.1, 0.15) is 5.75 Å². The number of rotatable bonds is 5. The van der Waals surface area contributed by atoms with Crippen LogP contribution in [0.1, 0.15) is 23.9 Å². The fourth-order valence-corrected chi connectivity index (χ4v) is 2.25. The third-order valence-electron chi connectivity index (χ3n) is 3.72. The molecule has 1 atom stereocenters. The lowest BCUT2D eigenvalue weighted by Crippen LogP contribution is -2.30. The molecule has 1 amide bonds. The van der Waals surface area contributed by atoms with E-state index in [9.17, 15) is 14.7 Å². The maximum atomic E-state index is 12.2. The highest BCUT2D eigenvalue weighted by molar-refractivity contribution is 5.96. The first-order chi connectivity index (χ1) is 11.3. The molecule has 7 nitrogen and oxygen atoms in total. The Hall–Kier alpha value is -2.83. The van der Waals surface area contributed by atoms with Crippen molar-refractivity contribution in [1.29, 1.82) is 0 Å². The Morgan fingerprint density at radius 2 is 1.92 bits per heavy atom. The molecule has 2 N–H and O–H groups in total. The number of phenols is 1. The number of aromatic hydroxyl groups is 1. The molecule has 0 aliphatic rings.